The molecule has 4 unspecified atom stereocenters. The van der Waals surface area contributed by atoms with Crippen molar-refractivity contribution in [2.24, 2.45) is 0 Å². The molecule has 11 nitrogen and oxygen atoms in total. The Labute approximate surface area is 164 Å². The molecule has 29 heavy (non-hydrogen) atoms. The molecule has 0 aromatic carbocycles. The van der Waals surface area contributed by atoms with Crippen LogP contribution in [0.4, 0.5) is 5.82 Å². The molecule has 1 saturated heterocycles. The van der Waals surface area contributed by atoms with Gasteiger partial charge >= 0.3 is 0 Å². The summed E-state index contributed by atoms with van der Waals surface area (Å²) < 4.78 is 7.03. The lowest BCUT2D eigenvalue weighted by atomic mass is 10.1. The Hall–Kier alpha value is -3.14. The van der Waals surface area contributed by atoms with Gasteiger partial charge < -0.3 is 20.1 Å². The van der Waals surface area contributed by atoms with Crippen molar-refractivity contribution >= 4 is 17.0 Å². The van der Waals surface area contributed by atoms with Crippen molar-refractivity contribution in [1.29, 1.82) is 0 Å². The van der Waals surface area contributed by atoms with Gasteiger partial charge in [-0.1, -0.05) is 5.92 Å². The van der Waals surface area contributed by atoms with E-state index in [2.05, 4.69) is 37.3 Å². The van der Waals surface area contributed by atoms with Crippen molar-refractivity contribution in [3.63, 3.8) is 0 Å². The van der Waals surface area contributed by atoms with Gasteiger partial charge in [0.1, 0.15) is 18.3 Å². The number of nitrogens with one attached hydrogen (secondary N) is 1. The van der Waals surface area contributed by atoms with Gasteiger partial charge in [0.25, 0.3) is 0 Å². The fourth-order valence-electron chi connectivity index (χ4n) is 3.00. The minimum absolute atomic E-state index is 0.175. The highest BCUT2D eigenvalue weighted by atomic mass is 16.6. The summed E-state index contributed by atoms with van der Waals surface area (Å²) in [6.07, 6.45) is 0.233. The molecule has 3 aromatic heterocycles. The van der Waals surface area contributed by atoms with Gasteiger partial charge in [-0.3, -0.25) is 14.4 Å². The van der Waals surface area contributed by atoms with E-state index in [-0.39, 0.29) is 11.6 Å². The first-order chi connectivity index (χ1) is 14.1. The molecular weight excluding hydrogens is 380 g/mol. The number of aliphatic hydroxyl groups excluding tert-OH is 3. The molecule has 4 heterocycles. The van der Waals surface area contributed by atoms with Crippen LogP contribution < -0.4 is 5.48 Å². The van der Waals surface area contributed by atoms with E-state index >= 15 is 0 Å². The van der Waals surface area contributed by atoms with Gasteiger partial charge in [-0.2, -0.15) is 4.98 Å². The number of nitrogens with zero attached hydrogens (tertiary/aromatic N) is 5. The lowest BCUT2D eigenvalue weighted by molar-refractivity contribution is -0.0511. The average molecular weight is 398 g/mol. The summed E-state index contributed by atoms with van der Waals surface area (Å²) in [4.78, 5) is 21.9. The van der Waals surface area contributed by atoms with Crippen molar-refractivity contribution in [2.75, 3.05) is 19.2 Å². The maximum absolute atomic E-state index is 10.3. The molecule has 0 aliphatic carbocycles. The molecule has 4 rings (SSSR count). The van der Waals surface area contributed by atoms with Crippen LogP contribution >= 0.6 is 0 Å². The summed E-state index contributed by atoms with van der Waals surface area (Å²) in [5.74, 6) is 6.23. The topological polar surface area (TPSA) is 148 Å². The van der Waals surface area contributed by atoms with E-state index in [4.69, 9.17) is 9.57 Å². The van der Waals surface area contributed by atoms with E-state index in [0.29, 0.717) is 16.7 Å². The molecule has 150 valence electrons. The van der Waals surface area contributed by atoms with Crippen LogP contribution in [0.3, 0.4) is 0 Å². The van der Waals surface area contributed by atoms with Crippen LogP contribution in [0.5, 0.6) is 0 Å². The number of hydrogen-bond acceptors (Lipinski definition) is 10. The fraction of sp³-hybridized carbons (Fsp3) is 0.333. The summed E-state index contributed by atoms with van der Waals surface area (Å²) in [5, 5.41) is 29.7. The lowest BCUT2D eigenvalue weighted by Crippen LogP contribution is -2.33. The number of ether oxygens (including phenoxy) is 1. The highest BCUT2D eigenvalue weighted by Crippen LogP contribution is 2.32. The largest absolute Gasteiger partial charge is 0.394 e. The van der Waals surface area contributed by atoms with Crippen LogP contribution in [0.25, 0.3) is 11.2 Å². The van der Waals surface area contributed by atoms with Crippen molar-refractivity contribution in [3.05, 3.63) is 42.2 Å². The predicted molar refractivity (Wildman–Crippen MR) is 99.2 cm³/mol. The third-order valence-electron chi connectivity index (χ3n) is 4.39. The second kappa shape index (κ2) is 8.08. The number of aliphatic hydroxyl groups is 3. The normalized spacial score (nSPS) is 23.7. The Balaban J connectivity index is 1.78. The monoisotopic (exact) mass is 398 g/mol. The number of anilines is 1. The van der Waals surface area contributed by atoms with Crippen molar-refractivity contribution in [2.45, 2.75) is 24.5 Å². The summed E-state index contributed by atoms with van der Waals surface area (Å²) in [6.45, 7) is -0.436. The molecule has 1 aliphatic rings. The highest BCUT2D eigenvalue weighted by Gasteiger charge is 2.44. The fourth-order valence-corrected chi connectivity index (χ4v) is 3.00. The van der Waals surface area contributed by atoms with Crippen LogP contribution in [0.15, 0.2) is 30.9 Å². The number of rotatable bonds is 4. The zero-order chi connectivity index (χ0) is 20.4. The van der Waals surface area contributed by atoms with Crippen molar-refractivity contribution in [1.82, 2.24) is 24.5 Å². The Morgan fingerprint density at radius 2 is 2.14 bits per heavy atom. The minimum Gasteiger partial charge on any atom is -0.394 e. The third kappa shape index (κ3) is 3.63. The minimum atomic E-state index is -1.27. The second-order valence-electron chi connectivity index (χ2n) is 6.25. The van der Waals surface area contributed by atoms with Gasteiger partial charge in [-0.25, -0.2) is 15.4 Å². The first-order valence-corrected chi connectivity index (χ1v) is 8.70. The van der Waals surface area contributed by atoms with Gasteiger partial charge in [-0.15, -0.1) is 0 Å². The zero-order valence-electron chi connectivity index (χ0n) is 15.3. The van der Waals surface area contributed by atoms with E-state index < -0.39 is 31.1 Å². The Morgan fingerprint density at radius 1 is 1.28 bits per heavy atom. The number of pyridine rings is 1. The highest BCUT2D eigenvalue weighted by molar-refractivity contribution is 5.83. The first kappa shape index (κ1) is 19.2. The lowest BCUT2D eigenvalue weighted by Gasteiger charge is -2.16. The Bertz CT molecular complexity index is 1060. The predicted octanol–water partition coefficient (Wildman–Crippen LogP) is -0.794. The summed E-state index contributed by atoms with van der Waals surface area (Å²) in [5.41, 5.74) is 3.99. The molecular formula is C18H18N6O5. The Morgan fingerprint density at radius 3 is 2.83 bits per heavy atom. The van der Waals surface area contributed by atoms with E-state index in [1.165, 1.54) is 18.0 Å². The van der Waals surface area contributed by atoms with E-state index in [1.807, 2.05) is 0 Å². The molecule has 1 fully saturated rings. The molecule has 1 aliphatic heterocycles. The zero-order valence-corrected chi connectivity index (χ0v) is 15.3. The summed E-state index contributed by atoms with van der Waals surface area (Å²) >= 11 is 0. The van der Waals surface area contributed by atoms with Crippen LogP contribution in [-0.4, -0.2) is 71.9 Å². The number of imidazole rings is 1. The third-order valence-corrected chi connectivity index (χ3v) is 4.39. The average Bonchev–Trinajstić information content (AvgIpc) is 3.29. The maximum Gasteiger partial charge on any atom is 0.209 e. The van der Waals surface area contributed by atoms with Gasteiger partial charge in [0.15, 0.2) is 23.2 Å². The molecule has 3 aromatic rings. The van der Waals surface area contributed by atoms with Gasteiger partial charge in [0.05, 0.1) is 20.0 Å². The molecule has 11 heteroatoms. The molecule has 0 saturated carbocycles. The number of fused-ring (bicyclic) bond motifs is 1. The van der Waals surface area contributed by atoms with Crippen LogP contribution in [-0.2, 0) is 9.57 Å². The molecule has 4 N–H and O–H groups in total. The summed E-state index contributed by atoms with van der Waals surface area (Å²) in [7, 11) is 1.43. The molecule has 0 amide bonds. The smallest absolute Gasteiger partial charge is 0.209 e. The van der Waals surface area contributed by atoms with Gasteiger partial charge in [0, 0.05) is 18.0 Å². The van der Waals surface area contributed by atoms with Crippen molar-refractivity contribution in [3.8, 4) is 11.8 Å². The van der Waals surface area contributed by atoms with Gasteiger partial charge in [-0.05, 0) is 18.1 Å². The number of aromatic nitrogens is 5. The SMILES string of the molecule is CONc1nc(C#Cc2cccnc2)nc2c1ncn2C1OC(CO)C(O)C1O. The van der Waals surface area contributed by atoms with Gasteiger partial charge in [0.2, 0.25) is 5.82 Å². The van der Waals surface area contributed by atoms with Crippen molar-refractivity contribution < 1.29 is 24.9 Å². The second-order valence-corrected chi connectivity index (χ2v) is 6.25. The Kier molecular flexibility index (Phi) is 5.34. The van der Waals surface area contributed by atoms with E-state index in [1.54, 1.807) is 24.5 Å². The van der Waals surface area contributed by atoms with E-state index in [0.717, 1.165) is 0 Å². The van der Waals surface area contributed by atoms with Crippen LogP contribution in [0.1, 0.15) is 17.6 Å². The standard InChI is InChI=1S/C18H18N6O5/c1-28-23-16-13-17(22-12(21-16)5-4-10-3-2-6-19-7-10)24(9-20-13)18-15(27)14(26)11(8-25)29-18/h2-3,6-7,9,11,14-15,18,25-27H,8H2,1H3,(H,21,22,23). The molecule has 4 atom stereocenters. The van der Waals surface area contributed by atoms with Crippen LogP contribution in [0, 0.1) is 11.8 Å². The summed E-state index contributed by atoms with van der Waals surface area (Å²) in [6, 6.07) is 3.57. The first-order valence-electron chi connectivity index (χ1n) is 8.70. The molecule has 0 radical (unpaired) electrons. The quantitative estimate of drug-likeness (QED) is 0.325. The van der Waals surface area contributed by atoms with E-state index in [9.17, 15) is 15.3 Å². The number of hydrogen-bond donors (Lipinski definition) is 4. The molecule has 0 spiro atoms. The maximum atomic E-state index is 10.3. The van der Waals surface area contributed by atoms with Crippen LogP contribution in [0.2, 0.25) is 0 Å². The molecule has 0 bridgehead atoms.